The maximum atomic E-state index is 16.1. The van der Waals surface area contributed by atoms with Gasteiger partial charge in [0.1, 0.15) is 48.4 Å². The number of ether oxygens (including phenoxy) is 3. The van der Waals surface area contributed by atoms with Crippen LogP contribution < -0.4 is 15.4 Å². The molecule has 1 saturated heterocycles. The molecular formula is C53H65F3N6O7S. The highest BCUT2D eigenvalue weighted by Crippen LogP contribution is 2.44. The minimum atomic E-state index is -1.61. The second-order valence-corrected chi connectivity index (χ2v) is 21.7. The minimum Gasteiger partial charge on any atom is -0.491 e. The fourth-order valence-electron chi connectivity index (χ4n) is 9.86. The van der Waals surface area contributed by atoms with Gasteiger partial charge in [-0.2, -0.15) is 0 Å². The van der Waals surface area contributed by atoms with Crippen molar-refractivity contribution in [3.63, 3.8) is 0 Å². The van der Waals surface area contributed by atoms with E-state index >= 15 is 13.2 Å². The number of aryl methyl sites for hydroxylation is 1. The standard InChI is InChI=1S/C53H65F3N6O7S/c1-30-18-39-38-10-8-9-11-42(38)59-46(39)47(62(30)28-53(6,7)56)45-40(54)21-37(22-41(45)55)69-17-16-67-25-34-19-35(34)26-68-27-44(64)60-49(52(3,4)5)51(66)61-24-36(63)20-43(61)50(65)57-23-32-12-14-33(15-13-32)48-31(2)58-29-70-48/h8-15,21-22,29-30,34-36,43,47,49,59,63H,16-20,23-28H2,1-7H3,(H,57,65)(H,60,64)/t30-,34?,35?,36-,43+,47-,49-/m1/s1. The topological polar surface area (TPSA) is 158 Å². The number of aliphatic hydroxyl groups is 1. The zero-order valence-electron chi connectivity index (χ0n) is 41.0. The molecule has 8 rings (SSSR count). The molecule has 5 aromatic rings. The molecule has 0 spiro atoms. The van der Waals surface area contributed by atoms with E-state index in [1.165, 1.54) is 30.9 Å². The van der Waals surface area contributed by atoms with Crippen LogP contribution in [0.25, 0.3) is 21.3 Å². The first-order valence-corrected chi connectivity index (χ1v) is 25.0. The van der Waals surface area contributed by atoms with Crippen molar-refractivity contribution < 1.29 is 46.9 Å². The number of nitrogens with one attached hydrogen (secondary N) is 3. The third-order valence-electron chi connectivity index (χ3n) is 13.6. The number of hydrogen-bond acceptors (Lipinski definition) is 10. The van der Waals surface area contributed by atoms with E-state index in [2.05, 4.69) is 20.6 Å². The molecule has 4 heterocycles. The van der Waals surface area contributed by atoms with Crippen LogP contribution in [0.1, 0.15) is 88.5 Å². The maximum absolute atomic E-state index is 16.1. The summed E-state index contributed by atoms with van der Waals surface area (Å²) >= 11 is 1.56. The Balaban J connectivity index is 0.770. The van der Waals surface area contributed by atoms with Gasteiger partial charge in [-0.25, -0.2) is 18.2 Å². The molecule has 376 valence electrons. The molecule has 7 atom stereocenters. The van der Waals surface area contributed by atoms with Crippen molar-refractivity contribution in [2.24, 2.45) is 17.3 Å². The van der Waals surface area contributed by atoms with Gasteiger partial charge in [-0.15, -0.1) is 11.3 Å². The fraction of sp³-hybridized carbons (Fsp3) is 0.509. The number of carbonyl (C=O) groups is 3. The number of alkyl halides is 1. The Morgan fingerprint density at radius 2 is 1.67 bits per heavy atom. The first kappa shape index (κ1) is 51.0. The lowest BCUT2D eigenvalue weighted by molar-refractivity contribution is -0.144. The number of amides is 3. The predicted molar refractivity (Wildman–Crippen MR) is 262 cm³/mol. The highest BCUT2D eigenvalue weighted by atomic mass is 32.1. The maximum Gasteiger partial charge on any atom is 0.246 e. The molecule has 4 N–H and O–H groups in total. The van der Waals surface area contributed by atoms with E-state index in [0.29, 0.717) is 25.3 Å². The fourth-order valence-corrected chi connectivity index (χ4v) is 10.7. The van der Waals surface area contributed by atoms with Crippen LogP contribution in [0.5, 0.6) is 5.75 Å². The summed E-state index contributed by atoms with van der Waals surface area (Å²) in [6.07, 6.45) is 0.627. The zero-order chi connectivity index (χ0) is 50.1. The van der Waals surface area contributed by atoms with Gasteiger partial charge in [-0.1, -0.05) is 63.2 Å². The summed E-state index contributed by atoms with van der Waals surface area (Å²) in [6.45, 7) is 13.2. The van der Waals surface area contributed by atoms with Gasteiger partial charge in [0.15, 0.2) is 0 Å². The van der Waals surface area contributed by atoms with E-state index < -0.39 is 58.8 Å². The summed E-state index contributed by atoms with van der Waals surface area (Å²) in [7, 11) is 0. The highest BCUT2D eigenvalue weighted by Gasteiger charge is 2.45. The SMILES string of the molecule is Cc1ncsc1-c1ccc(CNC(=O)[C@@H]2C[C@@H](O)CN2C(=O)[C@@H](NC(=O)COCC2CC2COCCOc2cc(F)c([C@@H]3c4[nH]c5ccccc5c4C[C@@H](C)N3CC(C)(C)F)c(F)c2)C(C)(C)C)cc1. The van der Waals surface area contributed by atoms with Gasteiger partial charge in [0.25, 0.3) is 0 Å². The molecule has 3 aliphatic rings. The number of rotatable bonds is 19. The van der Waals surface area contributed by atoms with Gasteiger partial charge >= 0.3 is 0 Å². The first-order valence-electron chi connectivity index (χ1n) is 24.1. The average Bonchev–Trinajstić information content (AvgIpc) is 3.52. The van der Waals surface area contributed by atoms with E-state index in [1.807, 2.05) is 88.0 Å². The van der Waals surface area contributed by atoms with Gasteiger partial charge in [-0.05, 0) is 80.5 Å². The number of thiazole rings is 1. The van der Waals surface area contributed by atoms with Gasteiger partial charge in [0.05, 0.1) is 41.4 Å². The van der Waals surface area contributed by atoms with E-state index in [9.17, 15) is 19.5 Å². The van der Waals surface area contributed by atoms with Crippen molar-refractivity contribution in [1.82, 2.24) is 30.4 Å². The molecule has 17 heteroatoms. The summed E-state index contributed by atoms with van der Waals surface area (Å²) in [5, 5.41) is 17.3. The van der Waals surface area contributed by atoms with Gasteiger partial charge in [0.2, 0.25) is 17.7 Å². The molecule has 2 aliphatic heterocycles. The Labute approximate surface area is 411 Å². The minimum absolute atomic E-state index is 0.0187. The summed E-state index contributed by atoms with van der Waals surface area (Å²) < 4.78 is 64.7. The lowest BCUT2D eigenvalue weighted by atomic mass is 9.85. The quantitative estimate of drug-likeness (QED) is 0.0606. The summed E-state index contributed by atoms with van der Waals surface area (Å²) in [4.78, 5) is 52.7. The van der Waals surface area contributed by atoms with Gasteiger partial charge in [0, 0.05) is 73.0 Å². The number of nitrogens with zero attached hydrogens (tertiary/aromatic N) is 3. The van der Waals surface area contributed by atoms with Crippen LogP contribution in [0.3, 0.4) is 0 Å². The molecule has 2 aromatic heterocycles. The first-order chi connectivity index (χ1) is 33.3. The van der Waals surface area contributed by atoms with Crippen LogP contribution in [0.15, 0.2) is 66.2 Å². The van der Waals surface area contributed by atoms with Crippen LogP contribution in [-0.2, 0) is 36.8 Å². The van der Waals surface area contributed by atoms with Crippen molar-refractivity contribution in [3.8, 4) is 16.2 Å². The Kier molecular flexibility index (Phi) is 15.4. The molecule has 1 aliphatic carbocycles. The van der Waals surface area contributed by atoms with E-state index in [4.69, 9.17) is 14.2 Å². The number of hydrogen-bond donors (Lipinski definition) is 4. The number of β-amino-alcohol motifs (C(OH)–C–C–N with tert-alkyl or cyclic N) is 1. The number of H-pyrrole nitrogens is 1. The van der Waals surface area contributed by atoms with Crippen LogP contribution in [0.2, 0.25) is 0 Å². The molecule has 0 radical (unpaired) electrons. The van der Waals surface area contributed by atoms with E-state index in [1.54, 1.807) is 16.8 Å². The van der Waals surface area contributed by atoms with Crippen molar-refractivity contribution in [3.05, 3.63) is 106 Å². The van der Waals surface area contributed by atoms with Crippen molar-refractivity contribution >= 4 is 40.0 Å². The smallest absolute Gasteiger partial charge is 0.246 e. The largest absolute Gasteiger partial charge is 0.491 e. The molecule has 3 aromatic carbocycles. The molecule has 1 saturated carbocycles. The normalized spacial score (nSPS) is 22.0. The van der Waals surface area contributed by atoms with E-state index in [-0.39, 0.29) is 81.0 Å². The highest BCUT2D eigenvalue weighted by molar-refractivity contribution is 7.13. The third-order valence-corrected chi connectivity index (χ3v) is 14.6. The molecule has 70 heavy (non-hydrogen) atoms. The lowest BCUT2D eigenvalue weighted by Crippen LogP contribution is -2.58. The number of fused-ring (bicyclic) bond motifs is 3. The predicted octanol–water partition coefficient (Wildman–Crippen LogP) is 7.82. The molecule has 0 bridgehead atoms. The molecule has 2 fully saturated rings. The van der Waals surface area contributed by atoms with E-state index in [0.717, 1.165) is 44.6 Å². The van der Waals surface area contributed by atoms with Crippen LogP contribution in [0.4, 0.5) is 13.2 Å². The lowest BCUT2D eigenvalue weighted by Gasteiger charge is -2.43. The molecule has 3 amide bonds. The van der Waals surface area contributed by atoms with Crippen LogP contribution in [-0.4, -0.2) is 119 Å². The number of para-hydroxylation sites is 1. The molecule has 2 unspecified atom stereocenters. The average molecular weight is 987 g/mol. The summed E-state index contributed by atoms with van der Waals surface area (Å²) in [6, 6.07) is 15.0. The van der Waals surface area contributed by atoms with Crippen molar-refractivity contribution in [2.75, 3.05) is 46.1 Å². The number of aromatic nitrogens is 2. The third kappa shape index (κ3) is 11.9. The number of halogens is 3. The number of aliphatic hydroxyl groups excluding tert-OH is 1. The Morgan fingerprint density at radius 3 is 2.34 bits per heavy atom. The van der Waals surface area contributed by atoms with Crippen LogP contribution >= 0.6 is 11.3 Å². The second-order valence-electron chi connectivity index (χ2n) is 20.8. The van der Waals surface area contributed by atoms with Crippen molar-refractivity contribution in [2.45, 2.75) is 110 Å². The number of aromatic amines is 1. The van der Waals surface area contributed by atoms with Gasteiger partial charge < -0.3 is 39.8 Å². The zero-order valence-corrected chi connectivity index (χ0v) is 41.8. The number of carbonyl (C=O) groups excluding carboxylic acids is 3. The molecule has 13 nitrogen and oxygen atoms in total. The molecular weight excluding hydrogens is 922 g/mol. The van der Waals surface area contributed by atoms with Gasteiger partial charge in [-0.3, -0.25) is 19.3 Å². The van der Waals surface area contributed by atoms with Crippen molar-refractivity contribution in [1.29, 1.82) is 0 Å². The Hall–Kier alpha value is -5.33. The number of benzene rings is 3. The second kappa shape index (κ2) is 21.2. The number of likely N-dealkylation sites (tertiary alicyclic amines) is 1. The Morgan fingerprint density at radius 1 is 0.971 bits per heavy atom. The van der Waals surface area contributed by atoms with Crippen LogP contribution in [0, 0.1) is 35.8 Å². The Bertz CT molecular complexity index is 2640. The monoisotopic (exact) mass is 986 g/mol. The summed E-state index contributed by atoms with van der Waals surface area (Å²) in [5.74, 6) is -2.50. The summed E-state index contributed by atoms with van der Waals surface area (Å²) in [5.41, 5.74) is 4.68.